The SMILES string of the molecule is C[C@@H](Nc1nc(Cl)ncc1N)c1ccc(-c2nc(C(F)(F)F)cn2C)cc1. The Morgan fingerprint density at radius 3 is 2.44 bits per heavy atom. The molecule has 0 radical (unpaired) electrons. The molecule has 0 aliphatic carbocycles. The quantitative estimate of drug-likeness (QED) is 0.642. The van der Waals surface area contributed by atoms with Crippen molar-refractivity contribution in [3.63, 3.8) is 0 Å². The average molecular weight is 397 g/mol. The number of aryl methyl sites for hydroxylation is 1. The van der Waals surface area contributed by atoms with Gasteiger partial charge >= 0.3 is 6.18 Å². The van der Waals surface area contributed by atoms with Crippen molar-refractivity contribution in [2.75, 3.05) is 11.1 Å². The molecule has 0 amide bonds. The maximum Gasteiger partial charge on any atom is 0.434 e. The van der Waals surface area contributed by atoms with Crippen molar-refractivity contribution in [1.29, 1.82) is 0 Å². The Morgan fingerprint density at radius 1 is 1.19 bits per heavy atom. The Balaban J connectivity index is 1.81. The van der Waals surface area contributed by atoms with Crippen molar-refractivity contribution < 1.29 is 13.2 Å². The Kier molecular flexibility index (Phi) is 4.97. The minimum Gasteiger partial charge on any atom is -0.394 e. The van der Waals surface area contributed by atoms with Gasteiger partial charge in [0.2, 0.25) is 5.28 Å². The summed E-state index contributed by atoms with van der Waals surface area (Å²) in [7, 11) is 1.53. The summed E-state index contributed by atoms with van der Waals surface area (Å²) in [6.45, 7) is 1.90. The summed E-state index contributed by atoms with van der Waals surface area (Å²) in [6.07, 6.45) is -2.10. The number of rotatable bonds is 4. The van der Waals surface area contributed by atoms with E-state index in [0.717, 1.165) is 11.8 Å². The minimum absolute atomic E-state index is 0.0736. The van der Waals surface area contributed by atoms with Gasteiger partial charge in [-0.05, 0) is 24.1 Å². The molecule has 10 heteroatoms. The fourth-order valence-corrected chi connectivity index (χ4v) is 2.70. The molecule has 6 nitrogen and oxygen atoms in total. The van der Waals surface area contributed by atoms with Gasteiger partial charge in [0.05, 0.1) is 17.9 Å². The highest BCUT2D eigenvalue weighted by atomic mass is 35.5. The van der Waals surface area contributed by atoms with Crippen LogP contribution < -0.4 is 11.1 Å². The van der Waals surface area contributed by atoms with Crippen molar-refractivity contribution in [3.05, 3.63) is 53.2 Å². The van der Waals surface area contributed by atoms with E-state index >= 15 is 0 Å². The van der Waals surface area contributed by atoms with Crippen molar-refractivity contribution in [2.24, 2.45) is 7.05 Å². The van der Waals surface area contributed by atoms with Crippen molar-refractivity contribution in [3.8, 4) is 11.4 Å². The van der Waals surface area contributed by atoms with E-state index in [1.807, 2.05) is 6.92 Å². The number of hydrogen-bond donors (Lipinski definition) is 2. The molecule has 0 saturated heterocycles. The van der Waals surface area contributed by atoms with Crippen LogP contribution in [-0.2, 0) is 13.2 Å². The molecule has 2 aromatic heterocycles. The van der Waals surface area contributed by atoms with Gasteiger partial charge in [0.25, 0.3) is 0 Å². The first-order valence-electron chi connectivity index (χ1n) is 7.90. The zero-order valence-corrected chi connectivity index (χ0v) is 15.2. The van der Waals surface area contributed by atoms with E-state index in [2.05, 4.69) is 20.3 Å². The Labute approximate surface area is 158 Å². The van der Waals surface area contributed by atoms with Gasteiger partial charge < -0.3 is 15.6 Å². The number of nitrogens with zero attached hydrogens (tertiary/aromatic N) is 4. The number of benzene rings is 1. The van der Waals surface area contributed by atoms with Crippen LogP contribution >= 0.6 is 11.6 Å². The van der Waals surface area contributed by atoms with Crippen LogP contribution in [0.5, 0.6) is 0 Å². The molecule has 1 atom stereocenters. The van der Waals surface area contributed by atoms with Crippen LogP contribution in [0.25, 0.3) is 11.4 Å². The van der Waals surface area contributed by atoms with Crippen LogP contribution in [0.3, 0.4) is 0 Å². The smallest absolute Gasteiger partial charge is 0.394 e. The van der Waals surface area contributed by atoms with Gasteiger partial charge in [-0.3, -0.25) is 0 Å². The van der Waals surface area contributed by atoms with Gasteiger partial charge in [-0.25, -0.2) is 9.97 Å². The second-order valence-corrected chi connectivity index (χ2v) is 6.33. The third-order valence-corrected chi connectivity index (χ3v) is 4.16. The molecule has 0 aliphatic rings. The molecule has 0 fully saturated rings. The molecule has 0 saturated carbocycles. The minimum atomic E-state index is -4.48. The lowest BCUT2D eigenvalue weighted by Gasteiger charge is -2.16. The number of nitrogens with two attached hydrogens (primary N) is 1. The summed E-state index contributed by atoms with van der Waals surface area (Å²) in [6, 6.07) is 6.86. The lowest BCUT2D eigenvalue weighted by atomic mass is 10.1. The van der Waals surface area contributed by atoms with Crippen LogP contribution in [0.4, 0.5) is 24.7 Å². The van der Waals surface area contributed by atoms with Gasteiger partial charge in [0.1, 0.15) is 5.82 Å². The van der Waals surface area contributed by atoms with Crippen molar-refractivity contribution >= 4 is 23.1 Å². The summed E-state index contributed by atoms with van der Waals surface area (Å²) < 4.78 is 39.8. The van der Waals surface area contributed by atoms with Gasteiger partial charge in [-0.1, -0.05) is 24.3 Å². The van der Waals surface area contributed by atoms with Crippen LogP contribution in [0.2, 0.25) is 5.28 Å². The summed E-state index contributed by atoms with van der Waals surface area (Å²) in [4.78, 5) is 11.5. The summed E-state index contributed by atoms with van der Waals surface area (Å²) in [5.41, 5.74) is 6.72. The number of aromatic nitrogens is 4. The first-order valence-corrected chi connectivity index (χ1v) is 8.28. The molecule has 27 heavy (non-hydrogen) atoms. The van der Waals surface area contributed by atoms with E-state index in [-0.39, 0.29) is 17.1 Å². The van der Waals surface area contributed by atoms with E-state index in [0.29, 0.717) is 17.1 Å². The number of anilines is 2. The van der Waals surface area contributed by atoms with Gasteiger partial charge in [-0.15, -0.1) is 0 Å². The predicted octanol–water partition coefficient (Wildman–Crippen LogP) is 4.30. The molecular weight excluding hydrogens is 381 g/mol. The number of halogens is 4. The lowest BCUT2D eigenvalue weighted by Crippen LogP contribution is -2.10. The van der Waals surface area contributed by atoms with E-state index in [9.17, 15) is 13.2 Å². The fourth-order valence-electron chi connectivity index (χ4n) is 2.57. The molecule has 3 N–H and O–H groups in total. The monoisotopic (exact) mass is 396 g/mol. The largest absolute Gasteiger partial charge is 0.434 e. The first kappa shape index (κ1) is 19.0. The van der Waals surface area contributed by atoms with Gasteiger partial charge in [0.15, 0.2) is 11.5 Å². The number of imidazole rings is 1. The molecule has 0 unspecified atom stereocenters. The van der Waals surface area contributed by atoms with Crippen LogP contribution in [0.1, 0.15) is 24.2 Å². The third-order valence-electron chi connectivity index (χ3n) is 3.98. The second kappa shape index (κ2) is 7.07. The van der Waals surface area contributed by atoms with Crippen molar-refractivity contribution in [2.45, 2.75) is 19.1 Å². The van der Waals surface area contributed by atoms with Crippen LogP contribution in [0, 0.1) is 0 Å². The van der Waals surface area contributed by atoms with E-state index in [1.165, 1.54) is 17.8 Å². The van der Waals surface area contributed by atoms with E-state index < -0.39 is 11.9 Å². The van der Waals surface area contributed by atoms with E-state index in [4.69, 9.17) is 17.3 Å². The number of nitrogens with one attached hydrogen (secondary N) is 1. The zero-order valence-electron chi connectivity index (χ0n) is 14.4. The molecule has 1 aromatic carbocycles. The fraction of sp³-hybridized carbons (Fsp3) is 0.235. The third kappa shape index (κ3) is 4.13. The molecule has 0 aliphatic heterocycles. The maximum atomic E-state index is 12.8. The first-order chi connectivity index (χ1) is 12.6. The summed E-state index contributed by atoms with van der Waals surface area (Å²) in [5, 5.41) is 3.21. The van der Waals surface area contributed by atoms with E-state index in [1.54, 1.807) is 24.3 Å². The predicted molar refractivity (Wildman–Crippen MR) is 97.1 cm³/mol. The maximum absolute atomic E-state index is 12.8. The standard InChI is InChI=1S/C17H16ClF3N6/c1-9(24-14-12(22)7-23-16(18)26-14)10-3-5-11(6-4-10)15-25-13(8-27(15)2)17(19,20)21/h3-9H,22H2,1-2H3,(H,23,24,26)/t9-/m1/s1. The Morgan fingerprint density at radius 2 is 1.85 bits per heavy atom. The molecule has 3 aromatic rings. The van der Waals surface area contributed by atoms with Gasteiger partial charge in [-0.2, -0.15) is 18.2 Å². The highest BCUT2D eigenvalue weighted by Gasteiger charge is 2.34. The molecule has 0 bridgehead atoms. The highest BCUT2D eigenvalue weighted by Crippen LogP contribution is 2.31. The van der Waals surface area contributed by atoms with Gasteiger partial charge in [0, 0.05) is 18.8 Å². The number of alkyl halides is 3. The van der Waals surface area contributed by atoms with Crippen molar-refractivity contribution in [1.82, 2.24) is 19.5 Å². The Hall–Kier alpha value is -2.81. The Bertz CT molecular complexity index is 952. The second-order valence-electron chi connectivity index (χ2n) is 5.99. The molecule has 3 rings (SSSR count). The molecule has 2 heterocycles. The molecular formula is C17H16ClF3N6. The lowest BCUT2D eigenvalue weighted by molar-refractivity contribution is -0.140. The topological polar surface area (TPSA) is 81.7 Å². The normalized spacial score (nSPS) is 12.8. The molecule has 0 spiro atoms. The zero-order chi connectivity index (χ0) is 19.8. The summed E-state index contributed by atoms with van der Waals surface area (Å²) >= 11 is 5.78. The van der Waals surface area contributed by atoms with Crippen LogP contribution in [-0.4, -0.2) is 19.5 Å². The number of hydrogen-bond acceptors (Lipinski definition) is 5. The van der Waals surface area contributed by atoms with Crippen LogP contribution in [0.15, 0.2) is 36.7 Å². The highest BCUT2D eigenvalue weighted by molar-refractivity contribution is 6.28. The summed E-state index contributed by atoms with van der Waals surface area (Å²) in [5.74, 6) is 0.645. The number of nitrogen functional groups attached to an aromatic ring is 1. The molecule has 142 valence electrons. The average Bonchev–Trinajstić information content (AvgIpc) is 3.00.